The summed E-state index contributed by atoms with van der Waals surface area (Å²) < 4.78 is 4.22. The van der Waals surface area contributed by atoms with Gasteiger partial charge in [0.15, 0.2) is 18.5 Å². The highest BCUT2D eigenvalue weighted by Gasteiger charge is 2.20. The molecule has 0 saturated carbocycles. The molecule has 0 aliphatic rings. The Balaban J connectivity index is 1.92. The summed E-state index contributed by atoms with van der Waals surface area (Å²) in [7, 11) is 1.59. The summed E-state index contributed by atoms with van der Waals surface area (Å²) >= 11 is 0. The maximum atomic E-state index is 5.12. The number of aromatic nitrogens is 4. The molecule has 0 saturated heterocycles. The van der Waals surface area contributed by atoms with Gasteiger partial charge in [-0.15, -0.1) is 0 Å². The quantitative estimate of drug-likeness (QED) is 0.170. The third-order valence-electron chi connectivity index (χ3n) is 5.96. The largest absolute Gasteiger partial charge is 0.307 e. The molecule has 0 bridgehead atoms. The third kappa shape index (κ3) is 9.65. The summed E-state index contributed by atoms with van der Waals surface area (Å²) in [5, 5.41) is 0. The van der Waals surface area contributed by atoms with Crippen LogP contribution in [0.4, 0.5) is 5.82 Å². The SMILES string of the molecule is C=CC[n+]1cn(C/C=C(\C)CC/C=C(\C)CC/C=C(\C)CCC=C(C)C)c2c(NOC)ncnc21. The van der Waals surface area contributed by atoms with Crippen molar-refractivity contribution in [1.82, 2.24) is 14.5 Å². The van der Waals surface area contributed by atoms with Crippen LogP contribution >= 0.6 is 0 Å². The molecule has 2 aromatic rings. The minimum atomic E-state index is 0.658. The highest BCUT2D eigenvalue weighted by molar-refractivity contribution is 5.80. The van der Waals surface area contributed by atoms with Crippen LogP contribution in [0.1, 0.15) is 73.1 Å². The number of nitrogens with zero attached hydrogens (tertiary/aromatic N) is 4. The van der Waals surface area contributed by atoms with Crippen molar-refractivity contribution in [3.63, 3.8) is 0 Å². The second kappa shape index (κ2) is 15.1. The number of rotatable bonds is 15. The molecular formula is C29H44N5O+. The van der Waals surface area contributed by atoms with E-state index in [1.165, 1.54) is 22.3 Å². The standard InChI is InChI=1S/C29H44N5O/c1-8-19-34-22-33(27-28(32-35-7)30-21-31-29(27)34)20-18-26(6)17-11-16-25(5)15-10-14-24(4)13-9-12-23(2)3/h8,12,14,16,18,21-22H,1,9-11,13,15,17,19-20H2,2-7H3,(H,30,31,32)/q+1/b24-14+,25-16+,26-18+. The third-order valence-corrected chi connectivity index (χ3v) is 5.96. The molecule has 2 heterocycles. The van der Waals surface area contributed by atoms with Gasteiger partial charge in [0.25, 0.3) is 0 Å². The molecule has 0 aromatic carbocycles. The second-order valence-corrected chi connectivity index (χ2v) is 9.46. The fourth-order valence-corrected chi connectivity index (χ4v) is 3.95. The summed E-state index contributed by atoms with van der Waals surface area (Å²) in [5.74, 6) is 0.658. The minimum Gasteiger partial charge on any atom is -0.278 e. The fraction of sp³-hybridized carbons (Fsp3) is 0.483. The second-order valence-electron chi connectivity index (χ2n) is 9.46. The van der Waals surface area contributed by atoms with E-state index in [1.807, 2.05) is 6.08 Å². The number of hydrogen-bond donors (Lipinski definition) is 1. The zero-order valence-corrected chi connectivity index (χ0v) is 22.6. The smallest absolute Gasteiger partial charge is 0.278 e. The van der Waals surface area contributed by atoms with Gasteiger partial charge >= 0.3 is 5.65 Å². The molecule has 0 aliphatic carbocycles. The van der Waals surface area contributed by atoms with E-state index >= 15 is 0 Å². The lowest BCUT2D eigenvalue weighted by Crippen LogP contribution is -2.31. The van der Waals surface area contributed by atoms with E-state index in [2.05, 4.69) is 96.4 Å². The first-order chi connectivity index (χ1) is 16.8. The van der Waals surface area contributed by atoms with Crippen molar-refractivity contribution >= 4 is 17.0 Å². The van der Waals surface area contributed by atoms with Crippen LogP contribution < -0.4 is 10.0 Å². The molecule has 2 rings (SSSR count). The summed E-state index contributed by atoms with van der Waals surface area (Å²) in [6.07, 6.45) is 21.6. The van der Waals surface area contributed by atoms with Gasteiger partial charge in [-0.05, 0) is 73.1 Å². The summed E-state index contributed by atoms with van der Waals surface area (Å²) in [6.45, 7) is 16.3. The number of hydrogen-bond acceptors (Lipinski definition) is 4. The Hall–Kier alpha value is -2.99. The average Bonchev–Trinajstić information content (AvgIpc) is 3.16. The number of allylic oxidation sites excluding steroid dienone is 9. The van der Waals surface area contributed by atoms with E-state index < -0.39 is 0 Å². The monoisotopic (exact) mass is 478 g/mol. The molecule has 6 nitrogen and oxygen atoms in total. The van der Waals surface area contributed by atoms with Crippen molar-refractivity contribution in [2.75, 3.05) is 12.6 Å². The van der Waals surface area contributed by atoms with Gasteiger partial charge in [0, 0.05) is 0 Å². The molecule has 0 atom stereocenters. The molecule has 0 aliphatic heterocycles. The molecule has 2 aromatic heterocycles. The lowest BCUT2D eigenvalue weighted by Gasteiger charge is -2.04. The van der Waals surface area contributed by atoms with Crippen LogP contribution in [0, 0.1) is 0 Å². The van der Waals surface area contributed by atoms with Crippen molar-refractivity contribution in [3.8, 4) is 0 Å². The van der Waals surface area contributed by atoms with Gasteiger partial charge in [-0.3, -0.25) is 9.40 Å². The molecule has 0 amide bonds. The topological polar surface area (TPSA) is 55.8 Å². The highest BCUT2D eigenvalue weighted by atomic mass is 16.6. The van der Waals surface area contributed by atoms with Gasteiger partial charge in [0.2, 0.25) is 5.52 Å². The van der Waals surface area contributed by atoms with Crippen LogP contribution in [-0.4, -0.2) is 21.6 Å². The van der Waals surface area contributed by atoms with E-state index in [1.54, 1.807) is 13.4 Å². The summed E-state index contributed by atoms with van der Waals surface area (Å²) in [5.41, 5.74) is 10.4. The maximum absolute atomic E-state index is 5.12. The van der Waals surface area contributed by atoms with Crippen molar-refractivity contribution in [3.05, 3.63) is 71.9 Å². The van der Waals surface area contributed by atoms with Crippen molar-refractivity contribution in [2.45, 2.75) is 86.2 Å². The highest BCUT2D eigenvalue weighted by Crippen LogP contribution is 2.19. The zero-order valence-electron chi connectivity index (χ0n) is 22.6. The van der Waals surface area contributed by atoms with E-state index in [4.69, 9.17) is 4.84 Å². The number of fused-ring (bicyclic) bond motifs is 1. The predicted octanol–water partition coefficient (Wildman–Crippen LogP) is 7.02. The Labute approximate surface area is 211 Å². The molecule has 0 radical (unpaired) electrons. The lowest BCUT2D eigenvalue weighted by atomic mass is 10.0. The Morgan fingerprint density at radius 3 is 2.11 bits per heavy atom. The van der Waals surface area contributed by atoms with Crippen LogP contribution in [0.25, 0.3) is 11.2 Å². The molecule has 6 heteroatoms. The first kappa shape index (κ1) is 28.2. The molecule has 0 spiro atoms. The van der Waals surface area contributed by atoms with Gasteiger partial charge in [0.1, 0.15) is 0 Å². The van der Waals surface area contributed by atoms with Crippen LogP contribution in [-0.2, 0) is 17.9 Å². The average molecular weight is 479 g/mol. The maximum Gasteiger partial charge on any atom is 0.307 e. The summed E-state index contributed by atoms with van der Waals surface area (Å²) in [4.78, 5) is 13.9. The zero-order chi connectivity index (χ0) is 25.6. The molecule has 1 N–H and O–H groups in total. The van der Waals surface area contributed by atoms with Crippen LogP contribution in [0.5, 0.6) is 0 Å². The molecule has 0 fully saturated rings. The van der Waals surface area contributed by atoms with E-state index in [0.29, 0.717) is 12.4 Å². The molecular weight excluding hydrogens is 434 g/mol. The van der Waals surface area contributed by atoms with Crippen molar-refractivity contribution < 1.29 is 9.40 Å². The predicted molar refractivity (Wildman–Crippen MR) is 147 cm³/mol. The van der Waals surface area contributed by atoms with Crippen LogP contribution in [0.2, 0.25) is 0 Å². The van der Waals surface area contributed by atoms with Gasteiger partial charge in [0.05, 0.1) is 20.2 Å². The van der Waals surface area contributed by atoms with Gasteiger partial charge in [-0.2, -0.15) is 4.98 Å². The number of nitrogens with one attached hydrogen (secondary N) is 1. The Morgan fingerprint density at radius 1 is 0.943 bits per heavy atom. The van der Waals surface area contributed by atoms with Crippen molar-refractivity contribution in [1.29, 1.82) is 0 Å². The lowest BCUT2D eigenvalue weighted by molar-refractivity contribution is -0.663. The van der Waals surface area contributed by atoms with E-state index in [9.17, 15) is 0 Å². The normalized spacial score (nSPS) is 12.8. The van der Waals surface area contributed by atoms with Crippen LogP contribution in [0.15, 0.2) is 71.9 Å². The van der Waals surface area contributed by atoms with E-state index in [-0.39, 0.29) is 0 Å². The first-order valence-corrected chi connectivity index (χ1v) is 12.6. The Morgan fingerprint density at radius 2 is 1.54 bits per heavy atom. The Bertz CT molecular complexity index is 1080. The minimum absolute atomic E-state index is 0.658. The first-order valence-electron chi connectivity index (χ1n) is 12.6. The molecule has 35 heavy (non-hydrogen) atoms. The number of anilines is 1. The van der Waals surface area contributed by atoms with Crippen LogP contribution in [0.3, 0.4) is 0 Å². The van der Waals surface area contributed by atoms with Crippen molar-refractivity contribution in [2.24, 2.45) is 0 Å². The van der Waals surface area contributed by atoms with Gasteiger partial charge in [-0.25, -0.2) is 10.0 Å². The van der Waals surface area contributed by atoms with Gasteiger partial charge < -0.3 is 0 Å². The van der Waals surface area contributed by atoms with E-state index in [0.717, 1.165) is 56.2 Å². The van der Waals surface area contributed by atoms with Gasteiger partial charge in [-0.1, -0.05) is 64.2 Å². The summed E-state index contributed by atoms with van der Waals surface area (Å²) in [6, 6.07) is 0. The Kier molecular flexibility index (Phi) is 12.2. The number of imidazole rings is 1. The fourth-order valence-electron chi connectivity index (χ4n) is 3.95. The molecule has 190 valence electrons. The molecule has 0 unspecified atom stereocenters.